The average molecular weight is 285 g/mol. The van der Waals surface area contributed by atoms with Crippen molar-refractivity contribution >= 4 is 23.0 Å². The van der Waals surface area contributed by atoms with Crippen LogP contribution in [0.2, 0.25) is 0 Å². The van der Waals surface area contributed by atoms with Gasteiger partial charge in [-0.3, -0.25) is 0 Å². The highest BCUT2D eigenvalue weighted by Crippen LogP contribution is 2.28. The number of rotatable bonds is 3. The fraction of sp³-hybridized carbons (Fsp3) is 0.0769. The van der Waals surface area contributed by atoms with E-state index in [1.807, 2.05) is 18.3 Å². The summed E-state index contributed by atoms with van der Waals surface area (Å²) in [6.45, 7) is 0. The molecule has 20 heavy (non-hydrogen) atoms. The van der Waals surface area contributed by atoms with Crippen molar-refractivity contribution in [2.75, 3.05) is 12.0 Å². The van der Waals surface area contributed by atoms with E-state index < -0.39 is 0 Å². The summed E-state index contributed by atoms with van der Waals surface area (Å²) in [5.41, 5.74) is 7.34. The Balaban J connectivity index is 2.51. The number of thiocarbonyl (C=S) groups is 1. The van der Waals surface area contributed by atoms with Crippen molar-refractivity contribution in [3.63, 3.8) is 0 Å². The number of nitrogens with zero attached hydrogens (tertiary/aromatic N) is 4. The zero-order chi connectivity index (χ0) is 14.5. The van der Waals surface area contributed by atoms with Crippen LogP contribution in [0.4, 0.5) is 5.69 Å². The number of anilines is 1. The minimum absolute atomic E-state index is 0.0583. The molecule has 0 spiro atoms. The predicted molar refractivity (Wildman–Crippen MR) is 78.9 cm³/mol. The molecule has 7 heteroatoms. The Labute approximate surface area is 121 Å². The highest BCUT2D eigenvalue weighted by Gasteiger charge is 2.16. The van der Waals surface area contributed by atoms with E-state index in [0.717, 1.165) is 16.2 Å². The van der Waals surface area contributed by atoms with E-state index in [9.17, 15) is 0 Å². The van der Waals surface area contributed by atoms with Crippen LogP contribution in [-0.4, -0.2) is 22.2 Å². The lowest BCUT2D eigenvalue weighted by Crippen LogP contribution is -2.31. The Morgan fingerprint density at radius 1 is 1.40 bits per heavy atom. The second-order valence-corrected chi connectivity index (χ2v) is 4.18. The molecule has 1 heterocycles. The van der Waals surface area contributed by atoms with E-state index in [0.29, 0.717) is 11.4 Å². The van der Waals surface area contributed by atoms with Gasteiger partial charge in [0.1, 0.15) is 17.8 Å². The fourth-order valence-electron chi connectivity index (χ4n) is 1.68. The molecule has 0 bridgehead atoms. The monoisotopic (exact) mass is 285 g/mol. The van der Waals surface area contributed by atoms with Gasteiger partial charge in [-0.1, -0.05) is 0 Å². The summed E-state index contributed by atoms with van der Waals surface area (Å²) in [6.07, 6.45) is 4.81. The number of methoxy groups -OCH3 is 1. The molecular weight excluding hydrogens is 274 g/mol. The summed E-state index contributed by atoms with van der Waals surface area (Å²) in [7, 11) is 1.59. The Hall–Kier alpha value is -2.72. The number of benzene rings is 1. The molecule has 1 aromatic heterocycles. The predicted octanol–water partition coefficient (Wildman–Crippen LogP) is 1.68. The van der Waals surface area contributed by atoms with Gasteiger partial charge in [0.15, 0.2) is 11.3 Å². The standard InChI is InChI=1S/C13H11N5OS/c1-19-10-4-2-9(3-5-10)12-11(6-16-8-17-12)18(7-14)13(15)20/h2-6,8H,1H3,(H2,15,20). The number of hydrogen-bond donors (Lipinski definition) is 1. The van der Waals surface area contributed by atoms with Gasteiger partial charge in [0.25, 0.3) is 0 Å². The number of nitriles is 1. The molecule has 0 aliphatic carbocycles. The number of hydrogen-bond acceptors (Lipinski definition) is 5. The number of nitrogens with two attached hydrogens (primary N) is 1. The SMILES string of the molecule is COc1ccc(-c2ncncc2N(C#N)C(N)=S)cc1. The van der Waals surface area contributed by atoms with Crippen LogP contribution in [-0.2, 0) is 0 Å². The van der Waals surface area contributed by atoms with Gasteiger partial charge in [-0.15, -0.1) is 0 Å². The van der Waals surface area contributed by atoms with E-state index in [1.54, 1.807) is 19.2 Å². The van der Waals surface area contributed by atoms with Gasteiger partial charge in [-0.05, 0) is 36.5 Å². The summed E-state index contributed by atoms with van der Waals surface area (Å²) >= 11 is 4.85. The van der Waals surface area contributed by atoms with Crippen molar-refractivity contribution in [3.05, 3.63) is 36.8 Å². The lowest BCUT2D eigenvalue weighted by molar-refractivity contribution is 0.415. The van der Waals surface area contributed by atoms with E-state index in [4.69, 9.17) is 28.0 Å². The minimum atomic E-state index is -0.0583. The van der Waals surface area contributed by atoms with Gasteiger partial charge in [-0.2, -0.15) is 5.26 Å². The normalized spacial score (nSPS) is 9.60. The van der Waals surface area contributed by atoms with Crippen molar-refractivity contribution in [2.24, 2.45) is 5.73 Å². The smallest absolute Gasteiger partial charge is 0.191 e. The van der Waals surface area contributed by atoms with Gasteiger partial charge in [0, 0.05) is 5.56 Å². The topological polar surface area (TPSA) is 88.1 Å². The Morgan fingerprint density at radius 2 is 2.10 bits per heavy atom. The van der Waals surface area contributed by atoms with E-state index in [-0.39, 0.29) is 5.11 Å². The lowest BCUT2D eigenvalue weighted by Gasteiger charge is -2.16. The molecule has 6 nitrogen and oxygen atoms in total. The number of ether oxygens (including phenoxy) is 1. The molecule has 0 unspecified atom stereocenters. The first-order valence-electron chi connectivity index (χ1n) is 5.61. The second-order valence-electron chi connectivity index (χ2n) is 3.76. The first-order chi connectivity index (χ1) is 9.67. The van der Waals surface area contributed by atoms with E-state index in [2.05, 4.69) is 9.97 Å². The van der Waals surface area contributed by atoms with E-state index in [1.165, 1.54) is 12.5 Å². The second kappa shape index (κ2) is 5.95. The van der Waals surface area contributed by atoms with Gasteiger partial charge >= 0.3 is 0 Å². The first kappa shape index (κ1) is 13.7. The Kier molecular flexibility index (Phi) is 4.08. The third-order valence-electron chi connectivity index (χ3n) is 2.62. The molecule has 0 saturated carbocycles. The van der Waals surface area contributed by atoms with Crippen LogP contribution in [0.5, 0.6) is 5.75 Å². The average Bonchev–Trinajstić information content (AvgIpc) is 2.48. The third kappa shape index (κ3) is 2.65. The van der Waals surface area contributed by atoms with Crippen LogP contribution in [0, 0.1) is 11.5 Å². The lowest BCUT2D eigenvalue weighted by atomic mass is 10.1. The highest BCUT2D eigenvalue weighted by atomic mass is 32.1. The minimum Gasteiger partial charge on any atom is -0.497 e. The first-order valence-corrected chi connectivity index (χ1v) is 6.02. The Morgan fingerprint density at radius 3 is 2.65 bits per heavy atom. The zero-order valence-electron chi connectivity index (χ0n) is 10.6. The molecule has 2 rings (SSSR count). The molecule has 1 aromatic carbocycles. The summed E-state index contributed by atoms with van der Waals surface area (Å²) in [5, 5.41) is 9.08. The molecule has 2 N–H and O–H groups in total. The maximum Gasteiger partial charge on any atom is 0.191 e. The van der Waals surface area contributed by atoms with Gasteiger partial charge < -0.3 is 10.5 Å². The third-order valence-corrected chi connectivity index (χ3v) is 2.80. The van der Waals surface area contributed by atoms with Crippen molar-refractivity contribution in [1.29, 1.82) is 5.26 Å². The van der Waals surface area contributed by atoms with Crippen molar-refractivity contribution in [3.8, 4) is 23.2 Å². The molecular formula is C13H11N5OS. The van der Waals surface area contributed by atoms with Crippen molar-refractivity contribution < 1.29 is 4.74 Å². The largest absolute Gasteiger partial charge is 0.497 e. The molecule has 0 fully saturated rings. The summed E-state index contributed by atoms with van der Waals surface area (Å²) < 4.78 is 5.11. The van der Waals surface area contributed by atoms with E-state index >= 15 is 0 Å². The highest BCUT2D eigenvalue weighted by molar-refractivity contribution is 7.80. The van der Waals surface area contributed by atoms with Crippen LogP contribution in [0.3, 0.4) is 0 Å². The summed E-state index contributed by atoms with van der Waals surface area (Å²) in [4.78, 5) is 9.21. The molecule has 100 valence electrons. The maximum atomic E-state index is 9.14. The number of aromatic nitrogens is 2. The molecule has 0 radical (unpaired) electrons. The van der Waals surface area contributed by atoms with Gasteiger partial charge in [0.05, 0.1) is 19.0 Å². The summed E-state index contributed by atoms with van der Waals surface area (Å²) in [5.74, 6) is 0.732. The van der Waals surface area contributed by atoms with Crippen molar-refractivity contribution in [1.82, 2.24) is 9.97 Å². The van der Waals surface area contributed by atoms with Crippen LogP contribution in [0.1, 0.15) is 0 Å². The Bertz CT molecular complexity index is 665. The van der Waals surface area contributed by atoms with Crippen molar-refractivity contribution in [2.45, 2.75) is 0 Å². The molecule has 0 amide bonds. The van der Waals surface area contributed by atoms with Gasteiger partial charge in [-0.25, -0.2) is 14.9 Å². The molecule has 2 aromatic rings. The molecule has 0 aliphatic rings. The van der Waals surface area contributed by atoms with Crippen LogP contribution < -0.4 is 15.4 Å². The quantitative estimate of drug-likeness (QED) is 0.521. The van der Waals surface area contributed by atoms with Crippen LogP contribution in [0.15, 0.2) is 36.8 Å². The molecule has 0 saturated heterocycles. The van der Waals surface area contributed by atoms with Crippen LogP contribution in [0.25, 0.3) is 11.3 Å². The maximum absolute atomic E-state index is 9.14. The van der Waals surface area contributed by atoms with Crippen LogP contribution >= 0.6 is 12.2 Å². The molecule has 0 aliphatic heterocycles. The summed E-state index contributed by atoms with van der Waals surface area (Å²) in [6, 6.07) is 7.27. The van der Waals surface area contributed by atoms with Gasteiger partial charge in [0.2, 0.25) is 0 Å². The zero-order valence-corrected chi connectivity index (χ0v) is 11.5. The molecule has 0 atom stereocenters. The fourth-order valence-corrected chi connectivity index (χ4v) is 1.82.